The van der Waals surface area contributed by atoms with E-state index in [4.69, 9.17) is 4.74 Å². The lowest BCUT2D eigenvalue weighted by atomic mass is 9.96. The highest BCUT2D eigenvalue weighted by molar-refractivity contribution is 5.86. The van der Waals surface area contributed by atoms with Gasteiger partial charge in [-0.3, -0.25) is 0 Å². The van der Waals surface area contributed by atoms with E-state index in [0.29, 0.717) is 5.75 Å². The second-order valence-corrected chi connectivity index (χ2v) is 6.28. The van der Waals surface area contributed by atoms with Gasteiger partial charge in [-0.1, -0.05) is 30.3 Å². The van der Waals surface area contributed by atoms with Crippen molar-refractivity contribution in [1.29, 1.82) is 0 Å². The highest BCUT2D eigenvalue weighted by Gasteiger charge is 2.20. The molecule has 0 aliphatic carbocycles. The van der Waals surface area contributed by atoms with E-state index >= 15 is 0 Å². The highest BCUT2D eigenvalue weighted by Crippen LogP contribution is 2.40. The summed E-state index contributed by atoms with van der Waals surface area (Å²) in [5.41, 5.74) is 5.97. The Kier molecular flexibility index (Phi) is 3.84. The zero-order valence-electron chi connectivity index (χ0n) is 14.9. The molecule has 0 atom stereocenters. The third-order valence-electron chi connectivity index (χ3n) is 4.45. The number of nitrogens with zero attached hydrogens (tertiary/aromatic N) is 3. The van der Waals surface area contributed by atoms with Crippen LogP contribution in [0.2, 0.25) is 0 Å². The van der Waals surface area contributed by atoms with Gasteiger partial charge in [-0.25, -0.2) is 9.50 Å². The van der Waals surface area contributed by atoms with Crippen LogP contribution in [0.15, 0.2) is 54.7 Å². The number of phenols is 1. The quantitative estimate of drug-likeness (QED) is 0.598. The van der Waals surface area contributed by atoms with Crippen LogP contribution in [-0.2, 0) is 0 Å². The largest absolute Gasteiger partial charge is 0.507 e. The summed E-state index contributed by atoms with van der Waals surface area (Å²) in [6.07, 6.45) is 1.84. The van der Waals surface area contributed by atoms with Gasteiger partial charge >= 0.3 is 0 Å². The zero-order chi connectivity index (χ0) is 18.3. The summed E-state index contributed by atoms with van der Waals surface area (Å²) in [6, 6.07) is 15.5. The molecule has 130 valence electrons. The van der Waals surface area contributed by atoms with Gasteiger partial charge < -0.3 is 9.84 Å². The molecule has 1 N–H and O–H groups in total. The van der Waals surface area contributed by atoms with Gasteiger partial charge in [0.25, 0.3) is 0 Å². The van der Waals surface area contributed by atoms with Gasteiger partial charge in [0.15, 0.2) is 5.65 Å². The highest BCUT2D eigenvalue weighted by atomic mass is 16.5. The third kappa shape index (κ3) is 2.58. The second kappa shape index (κ2) is 6.19. The molecule has 2 aromatic heterocycles. The van der Waals surface area contributed by atoms with Crippen molar-refractivity contribution in [2.45, 2.75) is 13.8 Å². The molecule has 0 unspecified atom stereocenters. The van der Waals surface area contributed by atoms with Crippen molar-refractivity contribution < 1.29 is 9.84 Å². The predicted molar refractivity (Wildman–Crippen MR) is 102 cm³/mol. The number of aryl methyl sites for hydroxylation is 2. The Morgan fingerprint density at radius 3 is 2.50 bits per heavy atom. The molecule has 0 spiro atoms. The van der Waals surface area contributed by atoms with E-state index < -0.39 is 0 Å². The maximum absolute atomic E-state index is 10.8. The van der Waals surface area contributed by atoms with Gasteiger partial charge in [-0.15, -0.1) is 0 Å². The molecular formula is C21H19N3O2. The minimum Gasteiger partial charge on any atom is -0.507 e. The van der Waals surface area contributed by atoms with Crippen LogP contribution in [0, 0.1) is 13.8 Å². The molecule has 4 aromatic rings. The first-order chi connectivity index (χ1) is 12.6. The predicted octanol–water partition coefficient (Wildman–Crippen LogP) is 4.39. The summed E-state index contributed by atoms with van der Waals surface area (Å²) in [5, 5.41) is 15.4. The molecule has 0 saturated heterocycles. The summed E-state index contributed by atoms with van der Waals surface area (Å²) in [4.78, 5) is 4.55. The maximum atomic E-state index is 10.8. The number of rotatable bonds is 3. The molecule has 0 aliphatic heterocycles. The molecule has 0 fully saturated rings. The van der Waals surface area contributed by atoms with Gasteiger partial charge in [-0.2, -0.15) is 5.10 Å². The standard InChI is InChI=1S/C21H19N3O2/c1-13-9-16(26-3)11-18(25)20(13)21-17(15-7-5-4-6-8-15)12-22-19-10-14(2)23-24(19)21/h4-12,25H,1-3H3. The minimum atomic E-state index is 0.152. The average molecular weight is 345 g/mol. The Labute approximate surface area is 151 Å². The number of phenolic OH excluding ortho intramolecular Hbond substituents is 1. The molecule has 26 heavy (non-hydrogen) atoms. The number of ether oxygens (including phenoxy) is 1. The van der Waals surface area contributed by atoms with Crippen molar-refractivity contribution in [3.63, 3.8) is 0 Å². The minimum absolute atomic E-state index is 0.152. The van der Waals surface area contributed by atoms with E-state index in [0.717, 1.165) is 39.3 Å². The SMILES string of the molecule is COc1cc(C)c(-c2c(-c3ccccc3)cnc3cc(C)nn23)c(O)c1. The first-order valence-electron chi connectivity index (χ1n) is 8.37. The zero-order valence-corrected chi connectivity index (χ0v) is 14.9. The van der Waals surface area contributed by atoms with Crippen LogP contribution in [0.1, 0.15) is 11.3 Å². The van der Waals surface area contributed by atoms with Crippen molar-refractivity contribution in [1.82, 2.24) is 14.6 Å². The fourth-order valence-electron chi connectivity index (χ4n) is 3.28. The van der Waals surface area contributed by atoms with E-state index in [1.165, 1.54) is 0 Å². The molecular weight excluding hydrogens is 326 g/mol. The second-order valence-electron chi connectivity index (χ2n) is 6.28. The van der Waals surface area contributed by atoms with E-state index in [2.05, 4.69) is 10.1 Å². The van der Waals surface area contributed by atoms with Crippen LogP contribution in [0.3, 0.4) is 0 Å². The topological polar surface area (TPSA) is 59.7 Å². The number of methoxy groups -OCH3 is 1. The van der Waals surface area contributed by atoms with Crippen molar-refractivity contribution in [2.24, 2.45) is 0 Å². The van der Waals surface area contributed by atoms with Gasteiger partial charge in [0.1, 0.15) is 11.5 Å². The summed E-state index contributed by atoms with van der Waals surface area (Å²) >= 11 is 0. The van der Waals surface area contributed by atoms with Crippen LogP contribution in [0.5, 0.6) is 11.5 Å². The van der Waals surface area contributed by atoms with Crippen LogP contribution >= 0.6 is 0 Å². The number of benzene rings is 2. The molecule has 5 nitrogen and oxygen atoms in total. The number of aromatic nitrogens is 3. The summed E-state index contributed by atoms with van der Waals surface area (Å²) < 4.78 is 7.08. The molecule has 2 aromatic carbocycles. The smallest absolute Gasteiger partial charge is 0.155 e. The number of hydrogen-bond donors (Lipinski definition) is 1. The lowest BCUT2D eigenvalue weighted by Gasteiger charge is -2.16. The first kappa shape index (κ1) is 16.1. The van der Waals surface area contributed by atoms with Gasteiger partial charge in [0, 0.05) is 29.5 Å². The van der Waals surface area contributed by atoms with Crippen LogP contribution < -0.4 is 4.74 Å². The Morgan fingerprint density at radius 1 is 1.04 bits per heavy atom. The van der Waals surface area contributed by atoms with E-state index in [-0.39, 0.29) is 5.75 Å². The molecule has 0 bridgehead atoms. The Morgan fingerprint density at radius 2 is 1.81 bits per heavy atom. The fraction of sp³-hybridized carbons (Fsp3) is 0.143. The van der Waals surface area contributed by atoms with Gasteiger partial charge in [0.2, 0.25) is 0 Å². The monoisotopic (exact) mass is 345 g/mol. The van der Waals surface area contributed by atoms with Gasteiger partial charge in [-0.05, 0) is 31.0 Å². The van der Waals surface area contributed by atoms with Crippen LogP contribution in [-0.4, -0.2) is 26.8 Å². The van der Waals surface area contributed by atoms with Gasteiger partial charge in [0.05, 0.1) is 18.5 Å². The van der Waals surface area contributed by atoms with Crippen LogP contribution in [0.4, 0.5) is 0 Å². The molecule has 0 aliphatic rings. The summed E-state index contributed by atoms with van der Waals surface area (Å²) in [6.45, 7) is 3.89. The first-order valence-corrected chi connectivity index (χ1v) is 8.37. The lowest BCUT2D eigenvalue weighted by Crippen LogP contribution is -2.01. The molecule has 2 heterocycles. The molecule has 0 radical (unpaired) electrons. The Hall–Kier alpha value is -3.34. The summed E-state index contributed by atoms with van der Waals surface area (Å²) in [5.74, 6) is 0.770. The number of aromatic hydroxyl groups is 1. The lowest BCUT2D eigenvalue weighted by molar-refractivity contribution is 0.407. The normalized spacial score (nSPS) is 11.0. The molecule has 4 rings (SSSR count). The number of hydrogen-bond acceptors (Lipinski definition) is 4. The van der Waals surface area contributed by atoms with E-state index in [1.54, 1.807) is 17.7 Å². The third-order valence-corrected chi connectivity index (χ3v) is 4.45. The Balaban J connectivity index is 2.11. The Bertz CT molecular complexity index is 1080. The van der Waals surface area contributed by atoms with Crippen molar-refractivity contribution in [3.8, 4) is 33.9 Å². The molecule has 0 saturated carbocycles. The van der Waals surface area contributed by atoms with Crippen molar-refractivity contribution in [3.05, 3.63) is 66.0 Å². The van der Waals surface area contributed by atoms with Crippen molar-refractivity contribution >= 4 is 5.65 Å². The fourth-order valence-corrected chi connectivity index (χ4v) is 3.28. The van der Waals surface area contributed by atoms with E-state index in [1.807, 2.05) is 62.5 Å². The van der Waals surface area contributed by atoms with Crippen molar-refractivity contribution in [2.75, 3.05) is 7.11 Å². The number of fused-ring (bicyclic) bond motifs is 1. The summed E-state index contributed by atoms with van der Waals surface area (Å²) in [7, 11) is 1.59. The molecule has 5 heteroatoms. The van der Waals surface area contributed by atoms with E-state index in [9.17, 15) is 5.11 Å². The average Bonchev–Trinajstić information content (AvgIpc) is 3.02. The molecule has 0 amide bonds. The maximum Gasteiger partial charge on any atom is 0.155 e. The van der Waals surface area contributed by atoms with Crippen LogP contribution in [0.25, 0.3) is 28.0 Å².